The van der Waals surface area contributed by atoms with Crippen LogP contribution < -0.4 is 4.74 Å². The predicted octanol–water partition coefficient (Wildman–Crippen LogP) is 3.42. The summed E-state index contributed by atoms with van der Waals surface area (Å²) in [5, 5.41) is 6.69. The van der Waals surface area contributed by atoms with Gasteiger partial charge in [0.05, 0.1) is 5.56 Å². The molecule has 0 spiro atoms. The number of amides is 1. The number of rotatable bonds is 3. The van der Waals surface area contributed by atoms with E-state index in [1.165, 1.54) is 12.1 Å². The van der Waals surface area contributed by atoms with E-state index in [0.717, 1.165) is 17.8 Å². The number of ether oxygens (including phenoxy) is 1. The number of aromatic amines is 1. The van der Waals surface area contributed by atoms with Crippen LogP contribution in [-0.2, 0) is 6.18 Å². The normalized spacial score (nSPS) is 16.1. The van der Waals surface area contributed by atoms with Crippen LogP contribution in [0.4, 0.5) is 13.2 Å². The van der Waals surface area contributed by atoms with Crippen molar-refractivity contribution in [1.82, 2.24) is 15.1 Å². The minimum Gasteiger partial charge on any atom is -0.490 e. The molecule has 1 aliphatic rings. The number of nitrogens with zero attached hydrogens (tertiary/aromatic N) is 2. The number of aromatic nitrogens is 2. The van der Waals surface area contributed by atoms with Crippen LogP contribution in [0.15, 0.2) is 30.3 Å². The molecule has 0 unspecified atom stereocenters. The van der Waals surface area contributed by atoms with Gasteiger partial charge in [-0.25, -0.2) is 0 Å². The Labute approximate surface area is 142 Å². The quantitative estimate of drug-likeness (QED) is 0.920. The molecule has 0 aliphatic carbocycles. The van der Waals surface area contributed by atoms with Crippen LogP contribution in [0.2, 0.25) is 0 Å². The molecule has 25 heavy (non-hydrogen) atoms. The van der Waals surface area contributed by atoms with E-state index in [4.69, 9.17) is 4.74 Å². The smallest absolute Gasteiger partial charge is 0.416 e. The average Bonchev–Trinajstić information content (AvgIpc) is 3.01. The van der Waals surface area contributed by atoms with Crippen LogP contribution in [0.5, 0.6) is 5.75 Å². The summed E-state index contributed by atoms with van der Waals surface area (Å²) in [6.07, 6.45) is -3.48. The number of nitrogens with one attached hydrogen (secondary N) is 1. The molecule has 1 amide bonds. The molecule has 134 valence electrons. The first kappa shape index (κ1) is 17.3. The highest BCUT2D eigenvalue weighted by molar-refractivity contribution is 5.92. The van der Waals surface area contributed by atoms with Crippen molar-refractivity contribution in [1.29, 1.82) is 0 Å². The Kier molecular flexibility index (Phi) is 4.69. The van der Waals surface area contributed by atoms with Gasteiger partial charge in [-0.3, -0.25) is 9.89 Å². The van der Waals surface area contributed by atoms with Gasteiger partial charge in [0.15, 0.2) is 0 Å². The zero-order chi connectivity index (χ0) is 18.0. The number of hydrogen-bond donors (Lipinski definition) is 1. The lowest BCUT2D eigenvalue weighted by Gasteiger charge is -2.31. The minimum absolute atomic E-state index is 0.151. The fourth-order valence-corrected chi connectivity index (χ4v) is 2.80. The Bertz CT molecular complexity index is 750. The number of alkyl halides is 3. The molecular formula is C17H18F3N3O2. The summed E-state index contributed by atoms with van der Waals surface area (Å²) in [5.74, 6) is 0.0457. The summed E-state index contributed by atoms with van der Waals surface area (Å²) in [6, 6.07) is 6.55. The molecule has 2 heterocycles. The Balaban J connectivity index is 1.57. The number of halogens is 3. The first-order valence-corrected chi connectivity index (χ1v) is 7.98. The maximum absolute atomic E-state index is 12.7. The van der Waals surface area contributed by atoms with Gasteiger partial charge >= 0.3 is 6.18 Å². The highest BCUT2D eigenvalue weighted by atomic mass is 19.4. The first-order chi connectivity index (χ1) is 11.8. The molecule has 1 aromatic heterocycles. The molecule has 2 aromatic rings. The van der Waals surface area contributed by atoms with Gasteiger partial charge in [0.25, 0.3) is 5.91 Å². The number of benzene rings is 1. The van der Waals surface area contributed by atoms with Crippen LogP contribution in [0, 0.1) is 6.92 Å². The second-order valence-electron chi connectivity index (χ2n) is 6.07. The molecule has 5 nitrogen and oxygen atoms in total. The minimum atomic E-state index is -4.39. The fourth-order valence-electron chi connectivity index (χ4n) is 2.80. The number of hydrogen-bond acceptors (Lipinski definition) is 3. The number of piperidine rings is 1. The SMILES string of the molecule is Cc1cc(C(=O)N2CCC(Oc3cccc(C(F)(F)F)c3)CC2)n[nH]1. The summed E-state index contributed by atoms with van der Waals surface area (Å²) < 4.78 is 43.9. The number of likely N-dealkylation sites (tertiary alicyclic amines) is 1. The summed E-state index contributed by atoms with van der Waals surface area (Å²) in [5.41, 5.74) is 0.451. The average molecular weight is 353 g/mol. The van der Waals surface area contributed by atoms with Crippen molar-refractivity contribution < 1.29 is 22.7 Å². The third-order valence-electron chi connectivity index (χ3n) is 4.12. The maximum atomic E-state index is 12.7. The van der Waals surface area contributed by atoms with Gasteiger partial charge in [0, 0.05) is 31.6 Å². The molecule has 0 atom stereocenters. The highest BCUT2D eigenvalue weighted by Gasteiger charge is 2.31. The van der Waals surface area contributed by atoms with Gasteiger partial charge in [-0.2, -0.15) is 18.3 Å². The molecule has 3 rings (SSSR count). The zero-order valence-electron chi connectivity index (χ0n) is 13.6. The summed E-state index contributed by atoms with van der Waals surface area (Å²) in [4.78, 5) is 14.0. The molecule has 1 saturated heterocycles. The van der Waals surface area contributed by atoms with Crippen molar-refractivity contribution >= 4 is 5.91 Å². The molecule has 1 aromatic carbocycles. The largest absolute Gasteiger partial charge is 0.490 e. The first-order valence-electron chi connectivity index (χ1n) is 7.98. The molecule has 1 aliphatic heterocycles. The summed E-state index contributed by atoms with van der Waals surface area (Å²) in [7, 11) is 0. The fraction of sp³-hybridized carbons (Fsp3) is 0.412. The van der Waals surface area contributed by atoms with E-state index >= 15 is 0 Å². The van der Waals surface area contributed by atoms with Crippen LogP contribution in [-0.4, -0.2) is 40.2 Å². The van der Waals surface area contributed by atoms with Crippen LogP contribution in [0.1, 0.15) is 34.6 Å². The van der Waals surface area contributed by atoms with Crippen molar-refractivity contribution in [3.8, 4) is 5.75 Å². The standard InChI is InChI=1S/C17H18F3N3O2/c1-11-9-15(22-21-11)16(24)23-7-5-13(6-8-23)25-14-4-2-3-12(10-14)17(18,19)20/h2-4,9-10,13H,5-8H2,1H3,(H,21,22). The second-order valence-corrected chi connectivity index (χ2v) is 6.07. The van der Waals surface area contributed by atoms with Gasteiger partial charge in [-0.1, -0.05) is 6.07 Å². The number of carbonyl (C=O) groups is 1. The monoisotopic (exact) mass is 353 g/mol. The van der Waals surface area contributed by atoms with Crippen molar-refractivity contribution in [3.05, 3.63) is 47.3 Å². The van der Waals surface area contributed by atoms with E-state index in [-0.39, 0.29) is 17.8 Å². The Morgan fingerprint density at radius 2 is 2.00 bits per heavy atom. The van der Waals surface area contributed by atoms with Crippen LogP contribution in [0.3, 0.4) is 0 Å². The van der Waals surface area contributed by atoms with Crippen LogP contribution in [0.25, 0.3) is 0 Å². The lowest BCUT2D eigenvalue weighted by atomic mass is 10.1. The van der Waals surface area contributed by atoms with Crippen molar-refractivity contribution in [2.24, 2.45) is 0 Å². The van der Waals surface area contributed by atoms with Gasteiger partial charge < -0.3 is 9.64 Å². The van der Waals surface area contributed by atoms with Crippen molar-refractivity contribution in [2.75, 3.05) is 13.1 Å². The third-order valence-corrected chi connectivity index (χ3v) is 4.12. The van der Waals surface area contributed by atoms with Crippen LogP contribution >= 0.6 is 0 Å². The van der Waals surface area contributed by atoms with Gasteiger partial charge in [0.2, 0.25) is 0 Å². The second kappa shape index (κ2) is 6.78. The van der Waals surface area contributed by atoms with E-state index < -0.39 is 11.7 Å². The van der Waals surface area contributed by atoms with Gasteiger partial charge in [-0.05, 0) is 31.2 Å². The van der Waals surface area contributed by atoms with E-state index in [1.54, 1.807) is 11.0 Å². The number of H-pyrrole nitrogens is 1. The lowest BCUT2D eigenvalue weighted by Crippen LogP contribution is -2.41. The summed E-state index contributed by atoms with van der Waals surface area (Å²) in [6.45, 7) is 2.78. The Hall–Kier alpha value is -2.51. The maximum Gasteiger partial charge on any atom is 0.416 e. The molecule has 0 radical (unpaired) electrons. The topological polar surface area (TPSA) is 58.2 Å². The number of carbonyl (C=O) groups excluding carboxylic acids is 1. The van der Waals surface area contributed by atoms with E-state index in [2.05, 4.69) is 10.2 Å². The molecule has 8 heteroatoms. The van der Waals surface area contributed by atoms with E-state index in [9.17, 15) is 18.0 Å². The predicted molar refractivity (Wildman–Crippen MR) is 84.3 cm³/mol. The molecule has 1 fully saturated rings. The zero-order valence-corrected chi connectivity index (χ0v) is 13.6. The van der Waals surface area contributed by atoms with E-state index in [1.807, 2.05) is 6.92 Å². The van der Waals surface area contributed by atoms with Crippen molar-refractivity contribution in [2.45, 2.75) is 32.0 Å². The highest BCUT2D eigenvalue weighted by Crippen LogP contribution is 2.32. The molecular weight excluding hydrogens is 335 g/mol. The van der Waals surface area contributed by atoms with Gasteiger partial charge in [0.1, 0.15) is 17.5 Å². The molecule has 0 saturated carbocycles. The van der Waals surface area contributed by atoms with Crippen molar-refractivity contribution in [3.63, 3.8) is 0 Å². The van der Waals surface area contributed by atoms with E-state index in [0.29, 0.717) is 31.6 Å². The summed E-state index contributed by atoms with van der Waals surface area (Å²) >= 11 is 0. The van der Waals surface area contributed by atoms with Gasteiger partial charge in [-0.15, -0.1) is 0 Å². The molecule has 0 bridgehead atoms. The third kappa shape index (κ3) is 4.12. The molecule has 1 N–H and O–H groups in total. The lowest BCUT2D eigenvalue weighted by molar-refractivity contribution is -0.137. The number of aryl methyl sites for hydroxylation is 1. The Morgan fingerprint density at radius 1 is 1.28 bits per heavy atom. The Morgan fingerprint density at radius 3 is 2.60 bits per heavy atom.